The van der Waals surface area contributed by atoms with Gasteiger partial charge in [-0.2, -0.15) is 0 Å². The van der Waals surface area contributed by atoms with Gasteiger partial charge >= 0.3 is 11.9 Å². The minimum Gasteiger partial charge on any atom is -0.481 e. The second-order valence-corrected chi connectivity index (χ2v) is 8.53. The number of carboxylic acid groups (broad SMARTS) is 2. The van der Waals surface area contributed by atoms with E-state index in [-0.39, 0.29) is 31.8 Å². The van der Waals surface area contributed by atoms with Gasteiger partial charge in [-0.3, -0.25) is 24.2 Å². The fraction of sp³-hybridized carbons (Fsp3) is 0.478. The van der Waals surface area contributed by atoms with Gasteiger partial charge in [0.15, 0.2) is 12.0 Å². The van der Waals surface area contributed by atoms with E-state index < -0.39 is 66.4 Å². The van der Waals surface area contributed by atoms with E-state index in [1.165, 1.54) is 0 Å². The number of amides is 3. The number of rotatable bonds is 16. The summed E-state index contributed by atoms with van der Waals surface area (Å²) in [6, 6.07) is 3.05. The van der Waals surface area contributed by atoms with Crippen LogP contribution >= 0.6 is 0 Å². The molecular weight excluding hydrogens is 502 g/mol. The van der Waals surface area contributed by atoms with E-state index in [0.29, 0.717) is 0 Å². The average molecular weight is 538 g/mol. The summed E-state index contributed by atoms with van der Waals surface area (Å²) in [6.07, 6.45) is -2.06. The highest BCUT2D eigenvalue weighted by atomic mass is 16.4. The lowest BCUT2D eigenvalue weighted by molar-refractivity contribution is -0.145. The number of carboxylic acids is 2. The molecule has 3 amide bonds. The molecule has 0 heterocycles. The van der Waals surface area contributed by atoms with Crippen molar-refractivity contribution in [3.05, 3.63) is 35.9 Å². The molecule has 0 saturated carbocycles. The van der Waals surface area contributed by atoms with Gasteiger partial charge in [0.25, 0.3) is 0 Å². The number of aliphatic hydroxyl groups excluding tert-OH is 1. The zero-order valence-electron chi connectivity index (χ0n) is 20.9. The third kappa shape index (κ3) is 11.7. The van der Waals surface area contributed by atoms with Crippen LogP contribution in [0.3, 0.4) is 0 Å². The molecule has 38 heavy (non-hydrogen) atoms. The van der Waals surface area contributed by atoms with Gasteiger partial charge in [0.1, 0.15) is 12.1 Å². The molecule has 210 valence electrons. The number of nitrogens with one attached hydrogen (secondary N) is 3. The van der Waals surface area contributed by atoms with Crippen LogP contribution in [0.5, 0.6) is 0 Å². The number of aliphatic hydroxyl groups is 1. The number of hydrogen-bond acceptors (Lipinski definition) is 8. The van der Waals surface area contributed by atoms with Crippen LogP contribution in [-0.4, -0.2) is 87.8 Å². The summed E-state index contributed by atoms with van der Waals surface area (Å²) < 4.78 is 0. The molecule has 12 N–H and O–H groups in total. The molecule has 0 aliphatic heterocycles. The summed E-state index contributed by atoms with van der Waals surface area (Å²) in [4.78, 5) is 64.9. The molecule has 5 unspecified atom stereocenters. The zero-order chi connectivity index (χ0) is 28.8. The number of benzene rings is 1. The van der Waals surface area contributed by atoms with Crippen LogP contribution in [0.4, 0.5) is 0 Å². The van der Waals surface area contributed by atoms with Crippen molar-refractivity contribution in [2.45, 2.75) is 62.9 Å². The van der Waals surface area contributed by atoms with E-state index in [2.05, 4.69) is 20.9 Å². The molecule has 0 aromatic heterocycles. The first-order valence-corrected chi connectivity index (χ1v) is 11.7. The lowest BCUT2D eigenvalue weighted by Crippen LogP contribution is -2.58. The summed E-state index contributed by atoms with van der Waals surface area (Å²) >= 11 is 0. The van der Waals surface area contributed by atoms with E-state index in [1.807, 2.05) is 0 Å². The predicted octanol–water partition coefficient (Wildman–Crippen LogP) is -3.00. The second kappa shape index (κ2) is 15.8. The predicted molar refractivity (Wildman–Crippen MR) is 135 cm³/mol. The van der Waals surface area contributed by atoms with E-state index in [0.717, 1.165) is 12.5 Å². The van der Waals surface area contributed by atoms with Crippen LogP contribution in [0.2, 0.25) is 0 Å². The summed E-state index contributed by atoms with van der Waals surface area (Å²) in [5.41, 5.74) is 17.2. The summed E-state index contributed by atoms with van der Waals surface area (Å²) in [5.74, 6) is -5.88. The Kier molecular flexibility index (Phi) is 13.2. The van der Waals surface area contributed by atoms with Crippen molar-refractivity contribution in [1.29, 1.82) is 0 Å². The molecular formula is C23H35N7O8. The Bertz CT molecular complexity index is 999. The van der Waals surface area contributed by atoms with Crippen LogP contribution in [-0.2, 0) is 30.4 Å². The molecule has 1 aromatic carbocycles. The summed E-state index contributed by atoms with van der Waals surface area (Å²) in [7, 11) is 0. The van der Waals surface area contributed by atoms with Crippen LogP contribution in [0.1, 0.15) is 31.7 Å². The van der Waals surface area contributed by atoms with Crippen molar-refractivity contribution in [3.8, 4) is 0 Å². The lowest BCUT2D eigenvalue weighted by Gasteiger charge is -2.25. The topological polar surface area (TPSA) is 273 Å². The van der Waals surface area contributed by atoms with Crippen molar-refractivity contribution in [3.63, 3.8) is 0 Å². The average Bonchev–Trinajstić information content (AvgIpc) is 2.83. The maximum atomic E-state index is 13.0. The van der Waals surface area contributed by atoms with Crippen molar-refractivity contribution >= 4 is 35.6 Å². The molecule has 0 aliphatic rings. The second-order valence-electron chi connectivity index (χ2n) is 8.53. The number of nitrogens with two attached hydrogens (primary N) is 3. The molecule has 0 fully saturated rings. The highest BCUT2D eigenvalue weighted by Gasteiger charge is 2.32. The Hall–Kier alpha value is -4.24. The van der Waals surface area contributed by atoms with Crippen molar-refractivity contribution in [2.24, 2.45) is 22.2 Å². The first-order valence-electron chi connectivity index (χ1n) is 11.7. The minimum atomic E-state index is -1.68. The van der Waals surface area contributed by atoms with E-state index in [4.69, 9.17) is 17.2 Å². The third-order valence-corrected chi connectivity index (χ3v) is 5.27. The van der Waals surface area contributed by atoms with Crippen molar-refractivity contribution in [1.82, 2.24) is 16.0 Å². The molecule has 0 radical (unpaired) electrons. The maximum Gasteiger partial charge on any atom is 0.328 e. The zero-order valence-corrected chi connectivity index (χ0v) is 20.9. The Morgan fingerprint density at radius 2 is 1.50 bits per heavy atom. The minimum absolute atomic E-state index is 0.0738. The molecule has 0 bridgehead atoms. The van der Waals surface area contributed by atoms with Gasteiger partial charge in [0.05, 0.1) is 18.6 Å². The molecule has 0 saturated heterocycles. The molecule has 1 aromatic rings. The molecule has 1 rings (SSSR count). The molecule has 0 spiro atoms. The van der Waals surface area contributed by atoms with Gasteiger partial charge in [-0.15, -0.1) is 0 Å². The quantitative estimate of drug-likeness (QED) is 0.0582. The van der Waals surface area contributed by atoms with Crippen molar-refractivity contribution in [2.75, 3.05) is 6.54 Å². The highest BCUT2D eigenvalue weighted by Crippen LogP contribution is 2.06. The number of guanidine groups is 1. The number of hydrogen-bond donors (Lipinski definition) is 9. The smallest absolute Gasteiger partial charge is 0.328 e. The summed E-state index contributed by atoms with van der Waals surface area (Å²) in [6.45, 7) is 1.23. The fourth-order valence-electron chi connectivity index (χ4n) is 3.31. The van der Waals surface area contributed by atoms with Gasteiger partial charge in [-0.05, 0) is 31.7 Å². The molecule has 5 atom stereocenters. The number of nitrogens with zero attached hydrogens (tertiary/aromatic N) is 1. The largest absolute Gasteiger partial charge is 0.481 e. The number of carbonyl (C=O) groups excluding carboxylic acids is 3. The first-order chi connectivity index (χ1) is 17.8. The van der Waals surface area contributed by atoms with Gasteiger partial charge in [0.2, 0.25) is 17.7 Å². The Balaban J connectivity index is 3.02. The molecule has 0 aliphatic carbocycles. The standard InChI is InChI=1S/C23H35N7O8/c1-12(31)18(22(37)38)30-20(35)15(8-5-9-27-23(25)26)28-21(36)16(11-17(32)33)29-19(34)14(24)10-13-6-3-2-4-7-13/h2-4,6-7,12,14-16,18,31H,5,8-11,24H2,1H3,(H,28,36)(H,29,34)(H,30,35)(H,32,33)(H,37,38)(H4,25,26,27). The van der Waals surface area contributed by atoms with Crippen LogP contribution < -0.4 is 33.2 Å². The van der Waals surface area contributed by atoms with Crippen LogP contribution in [0.15, 0.2) is 35.3 Å². The Morgan fingerprint density at radius 3 is 2.03 bits per heavy atom. The van der Waals surface area contributed by atoms with E-state index in [9.17, 15) is 39.3 Å². The van der Waals surface area contributed by atoms with Gasteiger partial charge in [0, 0.05) is 6.54 Å². The van der Waals surface area contributed by atoms with Gasteiger partial charge in [-0.25, -0.2) is 4.79 Å². The van der Waals surface area contributed by atoms with Crippen molar-refractivity contribution < 1.29 is 39.3 Å². The van der Waals surface area contributed by atoms with E-state index in [1.54, 1.807) is 30.3 Å². The normalized spacial score (nSPS) is 14.6. The first kappa shape index (κ1) is 31.8. The van der Waals surface area contributed by atoms with E-state index >= 15 is 0 Å². The molecule has 15 nitrogen and oxygen atoms in total. The molecule has 15 heteroatoms. The Morgan fingerprint density at radius 1 is 0.921 bits per heavy atom. The Labute approximate surface area is 218 Å². The highest BCUT2D eigenvalue weighted by molar-refractivity contribution is 5.95. The number of carbonyl (C=O) groups is 5. The lowest BCUT2D eigenvalue weighted by atomic mass is 10.0. The maximum absolute atomic E-state index is 13.0. The van der Waals surface area contributed by atoms with Crippen LogP contribution in [0.25, 0.3) is 0 Å². The van der Waals surface area contributed by atoms with Gasteiger partial charge < -0.3 is 48.5 Å². The number of aliphatic carboxylic acids is 2. The monoisotopic (exact) mass is 537 g/mol. The fourth-order valence-corrected chi connectivity index (χ4v) is 3.31. The van der Waals surface area contributed by atoms with Gasteiger partial charge in [-0.1, -0.05) is 30.3 Å². The summed E-state index contributed by atoms with van der Waals surface area (Å²) in [5, 5.41) is 34.9. The third-order valence-electron chi connectivity index (χ3n) is 5.27. The van der Waals surface area contributed by atoms with Crippen LogP contribution in [0, 0.1) is 0 Å². The SMILES string of the molecule is CC(O)C(NC(=O)C(CCCN=C(N)N)NC(=O)C(CC(=O)O)NC(=O)C(N)Cc1ccccc1)C(=O)O. The number of aliphatic imine (C=N–C) groups is 1.